The Morgan fingerprint density at radius 3 is 2.64 bits per heavy atom. The zero-order valence-electron chi connectivity index (χ0n) is 6.42. The number of halogens is 1. The first-order valence-corrected chi connectivity index (χ1v) is 4.18. The van der Waals surface area contributed by atoms with Crippen LogP contribution in [0.1, 0.15) is 5.56 Å². The Morgan fingerprint density at radius 1 is 1.45 bits per heavy atom. The van der Waals surface area contributed by atoms with Gasteiger partial charge in [-0.15, -0.1) is 0 Å². The highest BCUT2D eigenvalue weighted by molar-refractivity contribution is 9.10. The van der Waals surface area contributed by atoms with E-state index in [1.54, 1.807) is 4.90 Å². The molecule has 1 aromatic rings. The lowest BCUT2D eigenvalue weighted by molar-refractivity contribution is 0.444. The van der Waals surface area contributed by atoms with E-state index in [1.165, 1.54) is 5.56 Å². The number of rotatable bonds is 2. The summed E-state index contributed by atoms with van der Waals surface area (Å²) in [7, 11) is 7.35. The van der Waals surface area contributed by atoms with Crippen LogP contribution in [0.25, 0.3) is 0 Å². The molecule has 0 amide bonds. The van der Waals surface area contributed by atoms with E-state index in [4.69, 9.17) is 7.05 Å². The van der Waals surface area contributed by atoms with Crippen LogP contribution < -0.4 is 0 Å². The van der Waals surface area contributed by atoms with Crippen molar-refractivity contribution in [3.05, 3.63) is 41.3 Å². The molecule has 0 aliphatic rings. The van der Waals surface area contributed by atoms with Gasteiger partial charge in [-0.2, -0.15) is 0 Å². The largest absolute Gasteiger partial charge is 0.296 e. The number of hydrogen-bond acceptors (Lipinski definition) is 1. The summed E-state index contributed by atoms with van der Waals surface area (Å²) in [6.07, 6.45) is 0. The van der Waals surface area contributed by atoms with Crippen LogP contribution in [0.2, 0.25) is 0 Å². The van der Waals surface area contributed by atoms with Gasteiger partial charge in [0.25, 0.3) is 0 Å². The van der Waals surface area contributed by atoms with Crippen molar-refractivity contribution in [3.8, 4) is 0 Å². The van der Waals surface area contributed by atoms with E-state index in [-0.39, 0.29) is 0 Å². The van der Waals surface area contributed by atoms with Gasteiger partial charge in [-0.25, -0.2) is 0 Å². The molecule has 11 heavy (non-hydrogen) atoms. The molecule has 1 aromatic carbocycles. The minimum atomic E-state index is 0.765. The number of benzene rings is 1. The predicted octanol–water partition coefficient (Wildman–Crippen LogP) is 2.55. The normalized spacial score (nSPS) is 10.5. The minimum absolute atomic E-state index is 0.765. The van der Waals surface area contributed by atoms with Gasteiger partial charge in [0.15, 0.2) is 0 Å². The lowest BCUT2D eigenvalue weighted by atomic mass is 10.2. The molecule has 0 spiro atoms. The van der Waals surface area contributed by atoms with Gasteiger partial charge in [-0.05, 0) is 18.7 Å². The summed E-state index contributed by atoms with van der Waals surface area (Å²) in [5.41, 5.74) is 1.21. The average Bonchev–Trinajstić information content (AvgIpc) is 1.93. The van der Waals surface area contributed by atoms with E-state index in [1.807, 2.05) is 31.3 Å². The molecule has 2 heteroatoms. The molecule has 1 nitrogen and oxygen atoms in total. The Bertz CT molecular complexity index is 233. The summed E-state index contributed by atoms with van der Waals surface area (Å²) in [4.78, 5) is 1.65. The zero-order valence-corrected chi connectivity index (χ0v) is 8.01. The second-order valence-electron chi connectivity index (χ2n) is 2.51. The van der Waals surface area contributed by atoms with E-state index in [0.717, 1.165) is 11.0 Å². The summed E-state index contributed by atoms with van der Waals surface area (Å²) in [6, 6.07) is 8.06. The van der Waals surface area contributed by atoms with E-state index < -0.39 is 0 Å². The lowest BCUT2D eigenvalue weighted by Crippen LogP contribution is -2.08. The summed E-state index contributed by atoms with van der Waals surface area (Å²) < 4.78 is 1.11. The molecular formula is C9H10BrN. The van der Waals surface area contributed by atoms with Crippen LogP contribution in [0.4, 0.5) is 0 Å². The topological polar surface area (TPSA) is 3.24 Å². The molecule has 0 fully saturated rings. The highest BCUT2D eigenvalue weighted by Gasteiger charge is 1.98. The Balaban J connectivity index is 2.78. The summed E-state index contributed by atoms with van der Waals surface area (Å²) in [6.45, 7) is 0.765. The van der Waals surface area contributed by atoms with Crippen molar-refractivity contribution < 1.29 is 0 Å². The van der Waals surface area contributed by atoms with Crippen LogP contribution in [-0.2, 0) is 6.54 Å². The molecule has 0 aliphatic carbocycles. The van der Waals surface area contributed by atoms with Gasteiger partial charge < -0.3 is 0 Å². The zero-order chi connectivity index (χ0) is 8.27. The maximum atomic E-state index is 5.51. The smallest absolute Gasteiger partial charge is 0.0439 e. The van der Waals surface area contributed by atoms with Gasteiger partial charge in [-0.3, -0.25) is 4.90 Å². The van der Waals surface area contributed by atoms with Crippen LogP contribution in [0.5, 0.6) is 0 Å². The monoisotopic (exact) mass is 211 g/mol. The Kier molecular flexibility index (Phi) is 3.09. The van der Waals surface area contributed by atoms with Gasteiger partial charge in [0, 0.05) is 18.1 Å². The molecule has 0 N–H and O–H groups in total. The van der Waals surface area contributed by atoms with Crippen LogP contribution >= 0.6 is 15.9 Å². The Labute approximate surface area is 76.2 Å². The van der Waals surface area contributed by atoms with Crippen LogP contribution in [-0.4, -0.2) is 11.9 Å². The summed E-state index contributed by atoms with van der Waals surface area (Å²) in [5, 5.41) is 0. The molecule has 58 valence electrons. The van der Waals surface area contributed by atoms with E-state index in [2.05, 4.69) is 15.9 Å². The van der Waals surface area contributed by atoms with Crippen molar-refractivity contribution in [2.24, 2.45) is 0 Å². The number of hydrogen-bond donors (Lipinski definition) is 0. The first-order valence-electron chi connectivity index (χ1n) is 3.39. The maximum Gasteiger partial charge on any atom is 0.0439 e. The molecule has 0 atom stereocenters. The van der Waals surface area contributed by atoms with Crippen molar-refractivity contribution in [2.45, 2.75) is 6.54 Å². The molecule has 0 saturated heterocycles. The Morgan fingerprint density at radius 2 is 2.09 bits per heavy atom. The van der Waals surface area contributed by atoms with Gasteiger partial charge in [0.2, 0.25) is 0 Å². The predicted molar refractivity (Wildman–Crippen MR) is 49.9 cm³/mol. The SMILES string of the molecule is [CH]N(C)Cc1ccccc1Br. The second-order valence-corrected chi connectivity index (χ2v) is 3.36. The molecule has 1 rings (SSSR count). The molecule has 0 heterocycles. The highest BCUT2D eigenvalue weighted by atomic mass is 79.9. The second kappa shape index (κ2) is 3.88. The quantitative estimate of drug-likeness (QED) is 0.681. The lowest BCUT2D eigenvalue weighted by Gasteiger charge is -2.09. The molecule has 0 bridgehead atoms. The average molecular weight is 212 g/mol. The van der Waals surface area contributed by atoms with E-state index >= 15 is 0 Å². The van der Waals surface area contributed by atoms with Crippen molar-refractivity contribution in [1.29, 1.82) is 0 Å². The van der Waals surface area contributed by atoms with Crippen molar-refractivity contribution in [1.82, 2.24) is 4.90 Å². The van der Waals surface area contributed by atoms with Crippen molar-refractivity contribution in [2.75, 3.05) is 7.05 Å². The molecule has 2 radical (unpaired) electrons. The van der Waals surface area contributed by atoms with Gasteiger partial charge >= 0.3 is 0 Å². The Hall–Kier alpha value is -0.340. The highest BCUT2D eigenvalue weighted by Crippen LogP contribution is 2.16. The molecule has 0 aromatic heterocycles. The third kappa shape index (κ3) is 2.64. The summed E-state index contributed by atoms with van der Waals surface area (Å²) in [5.74, 6) is 0. The van der Waals surface area contributed by atoms with Gasteiger partial charge in [0.05, 0.1) is 0 Å². The maximum absolute atomic E-state index is 5.51. The third-order valence-corrected chi connectivity index (χ3v) is 2.15. The third-order valence-electron chi connectivity index (χ3n) is 1.38. The van der Waals surface area contributed by atoms with E-state index in [9.17, 15) is 0 Å². The molecule has 0 unspecified atom stereocenters. The standard InChI is InChI=1S/C9H10BrN/c1-11(2)7-8-5-3-4-6-9(8)10/h1,3-6H,7H2,2H3. The van der Waals surface area contributed by atoms with Crippen molar-refractivity contribution in [3.63, 3.8) is 0 Å². The fraction of sp³-hybridized carbons (Fsp3) is 0.222. The minimum Gasteiger partial charge on any atom is -0.296 e. The molecule has 0 aliphatic heterocycles. The molecule has 0 saturated carbocycles. The van der Waals surface area contributed by atoms with Crippen LogP contribution in [0.15, 0.2) is 28.7 Å². The fourth-order valence-corrected chi connectivity index (χ4v) is 1.31. The first kappa shape index (κ1) is 8.75. The van der Waals surface area contributed by atoms with Crippen LogP contribution in [0, 0.1) is 7.05 Å². The van der Waals surface area contributed by atoms with Crippen LogP contribution in [0.3, 0.4) is 0 Å². The first-order chi connectivity index (χ1) is 5.20. The van der Waals surface area contributed by atoms with Gasteiger partial charge in [-0.1, -0.05) is 34.1 Å². The number of nitrogens with zero attached hydrogens (tertiary/aromatic N) is 1. The van der Waals surface area contributed by atoms with Crippen molar-refractivity contribution >= 4 is 15.9 Å². The van der Waals surface area contributed by atoms with E-state index in [0.29, 0.717) is 0 Å². The fourth-order valence-electron chi connectivity index (χ4n) is 0.895. The van der Waals surface area contributed by atoms with Gasteiger partial charge in [0.1, 0.15) is 0 Å². The molecular weight excluding hydrogens is 202 g/mol. The summed E-state index contributed by atoms with van der Waals surface area (Å²) >= 11 is 3.44.